The number of rotatable bonds is 3. The molecule has 27 heavy (non-hydrogen) atoms. The summed E-state index contributed by atoms with van der Waals surface area (Å²) in [6, 6.07) is 32.3. The van der Waals surface area contributed by atoms with E-state index < -0.39 is 0 Å². The molecule has 1 aliphatic rings. The minimum Gasteiger partial charge on any atom is -0.420 e. The van der Waals surface area contributed by atoms with Crippen LogP contribution in [-0.4, -0.2) is 6.85 Å². The van der Waals surface area contributed by atoms with Crippen molar-refractivity contribution in [3.63, 3.8) is 0 Å². The zero-order chi connectivity index (χ0) is 18.1. The Labute approximate surface area is 164 Å². The first kappa shape index (κ1) is 16.2. The number of anilines is 1. The lowest BCUT2D eigenvalue weighted by atomic mass is 9.45. The quantitative estimate of drug-likeness (QED) is 0.469. The number of hydrogen-bond donors (Lipinski definition) is 1. The Hall–Kier alpha value is -3.04. The minimum atomic E-state index is 0.110. The van der Waals surface area contributed by atoms with Gasteiger partial charge in [-0.2, -0.15) is 11.3 Å². The van der Waals surface area contributed by atoms with Gasteiger partial charge in [0.25, 0.3) is 0 Å². The predicted molar refractivity (Wildman–Crippen MR) is 119 cm³/mol. The number of nitrogens with one attached hydrogen (secondary N) is 1. The van der Waals surface area contributed by atoms with Crippen LogP contribution in [-0.2, 0) is 0 Å². The van der Waals surface area contributed by atoms with E-state index in [4.69, 9.17) is 0 Å². The molecule has 1 N–H and O–H groups in total. The molecule has 3 heteroatoms. The second-order valence-corrected chi connectivity index (χ2v) is 7.48. The molecule has 0 saturated heterocycles. The zero-order valence-electron chi connectivity index (χ0n) is 14.8. The highest BCUT2D eigenvalue weighted by atomic mass is 32.1. The Morgan fingerprint density at radius 1 is 0.667 bits per heavy atom. The topological polar surface area (TPSA) is 12.0 Å². The van der Waals surface area contributed by atoms with Crippen LogP contribution in [0.3, 0.4) is 0 Å². The molecule has 0 atom stereocenters. The van der Waals surface area contributed by atoms with Gasteiger partial charge in [0, 0.05) is 11.3 Å². The van der Waals surface area contributed by atoms with Gasteiger partial charge in [-0.3, -0.25) is 0 Å². The van der Waals surface area contributed by atoms with Crippen LogP contribution in [0.15, 0.2) is 102 Å². The first-order valence-corrected chi connectivity index (χ1v) is 10.1. The minimum absolute atomic E-state index is 0.110. The Kier molecular flexibility index (Phi) is 4.15. The van der Waals surface area contributed by atoms with Crippen molar-refractivity contribution < 1.29 is 0 Å². The summed E-state index contributed by atoms with van der Waals surface area (Å²) >= 11 is 1.75. The zero-order valence-corrected chi connectivity index (χ0v) is 15.6. The molecule has 2 heterocycles. The van der Waals surface area contributed by atoms with E-state index in [2.05, 4.69) is 107 Å². The Balaban J connectivity index is 1.85. The maximum atomic E-state index is 3.80. The highest BCUT2D eigenvalue weighted by Crippen LogP contribution is 2.41. The molecule has 0 aliphatic carbocycles. The summed E-state index contributed by atoms with van der Waals surface area (Å²) in [4.78, 5) is 0. The van der Waals surface area contributed by atoms with Gasteiger partial charge >= 0.3 is 6.85 Å². The molecule has 0 saturated carbocycles. The molecule has 128 valence electrons. The van der Waals surface area contributed by atoms with Gasteiger partial charge in [0.05, 0.1) is 0 Å². The summed E-state index contributed by atoms with van der Waals surface area (Å²) < 4.78 is 0. The SMILES string of the molecule is c1ccc(B2Nc3ccccc3C(c3ccsc3)=C2c2ccccc2)cc1. The molecule has 0 radical (unpaired) electrons. The smallest absolute Gasteiger partial charge is 0.322 e. The summed E-state index contributed by atoms with van der Waals surface area (Å²) in [5.41, 5.74) is 8.93. The normalized spacial score (nSPS) is 13.3. The lowest BCUT2D eigenvalue weighted by molar-refractivity contribution is 1.53. The van der Waals surface area contributed by atoms with Gasteiger partial charge < -0.3 is 5.23 Å². The van der Waals surface area contributed by atoms with Gasteiger partial charge in [0.1, 0.15) is 0 Å². The van der Waals surface area contributed by atoms with Crippen LogP contribution in [0.4, 0.5) is 5.69 Å². The number of fused-ring (bicyclic) bond motifs is 1. The number of para-hydroxylation sites is 1. The summed E-state index contributed by atoms with van der Waals surface area (Å²) in [5, 5.41) is 8.21. The number of hydrogen-bond acceptors (Lipinski definition) is 2. The van der Waals surface area contributed by atoms with Crippen LogP contribution < -0.4 is 10.7 Å². The third kappa shape index (κ3) is 2.90. The summed E-state index contributed by atoms with van der Waals surface area (Å²) in [5.74, 6) is 0. The van der Waals surface area contributed by atoms with Crippen molar-refractivity contribution in [2.75, 3.05) is 5.23 Å². The van der Waals surface area contributed by atoms with Crippen molar-refractivity contribution in [3.05, 3.63) is 118 Å². The van der Waals surface area contributed by atoms with Gasteiger partial charge in [0.15, 0.2) is 0 Å². The summed E-state index contributed by atoms with van der Waals surface area (Å²) in [6.45, 7) is 0.110. The van der Waals surface area contributed by atoms with E-state index in [1.165, 1.54) is 38.9 Å². The fraction of sp³-hybridized carbons (Fsp3) is 0. The highest BCUT2D eigenvalue weighted by molar-refractivity contribution is 7.08. The van der Waals surface area contributed by atoms with Crippen molar-refractivity contribution in [1.82, 2.24) is 0 Å². The van der Waals surface area contributed by atoms with Gasteiger partial charge in [-0.1, -0.05) is 84.3 Å². The van der Waals surface area contributed by atoms with E-state index in [-0.39, 0.29) is 6.85 Å². The van der Waals surface area contributed by atoms with E-state index >= 15 is 0 Å². The summed E-state index contributed by atoms with van der Waals surface area (Å²) in [7, 11) is 0. The number of thiophene rings is 1. The third-order valence-electron chi connectivity index (χ3n) is 5.08. The van der Waals surface area contributed by atoms with Crippen molar-refractivity contribution in [3.8, 4) is 0 Å². The average molecular weight is 363 g/mol. The van der Waals surface area contributed by atoms with E-state index in [9.17, 15) is 0 Å². The maximum Gasteiger partial charge on any atom is 0.322 e. The average Bonchev–Trinajstić information content (AvgIpc) is 3.28. The van der Waals surface area contributed by atoms with Crippen molar-refractivity contribution in [2.45, 2.75) is 0 Å². The monoisotopic (exact) mass is 363 g/mol. The molecule has 4 aromatic rings. The Bertz CT molecular complexity index is 1090. The standard InChI is InChI=1S/C24H18BNS/c1-3-9-18(10-4-1)24-23(19-15-16-27-17-19)21-13-7-8-14-22(21)26-25(24)20-11-5-2-6-12-20/h1-17,26H. The van der Waals surface area contributed by atoms with Gasteiger partial charge in [-0.25, -0.2) is 0 Å². The van der Waals surface area contributed by atoms with E-state index in [0.29, 0.717) is 0 Å². The molecule has 1 nitrogen and oxygen atoms in total. The van der Waals surface area contributed by atoms with Crippen LogP contribution in [0, 0.1) is 0 Å². The highest BCUT2D eigenvalue weighted by Gasteiger charge is 2.33. The molecule has 0 fully saturated rings. The van der Waals surface area contributed by atoms with Crippen LogP contribution >= 0.6 is 11.3 Å². The second-order valence-electron chi connectivity index (χ2n) is 6.70. The van der Waals surface area contributed by atoms with Gasteiger partial charge in [-0.15, -0.1) is 0 Å². The molecule has 5 rings (SSSR count). The fourth-order valence-corrected chi connectivity index (χ4v) is 4.53. The third-order valence-corrected chi connectivity index (χ3v) is 5.77. The van der Waals surface area contributed by atoms with Gasteiger partial charge in [0.2, 0.25) is 0 Å². The first-order valence-electron chi connectivity index (χ1n) is 9.15. The van der Waals surface area contributed by atoms with E-state index in [1.807, 2.05) is 0 Å². The molecule has 3 aromatic carbocycles. The van der Waals surface area contributed by atoms with Gasteiger partial charge in [-0.05, 0) is 45.1 Å². The van der Waals surface area contributed by atoms with Crippen LogP contribution in [0.2, 0.25) is 0 Å². The Morgan fingerprint density at radius 3 is 2.11 bits per heavy atom. The fourth-order valence-electron chi connectivity index (χ4n) is 3.89. The maximum absolute atomic E-state index is 3.80. The molecule has 1 aliphatic heterocycles. The van der Waals surface area contributed by atoms with E-state index in [1.54, 1.807) is 11.3 Å². The largest absolute Gasteiger partial charge is 0.420 e. The lowest BCUT2D eigenvalue weighted by Gasteiger charge is -2.31. The van der Waals surface area contributed by atoms with E-state index in [0.717, 1.165) is 0 Å². The molecular formula is C24H18BNS. The second kappa shape index (κ2) is 6.94. The molecule has 0 spiro atoms. The number of benzene rings is 3. The predicted octanol–water partition coefficient (Wildman–Crippen LogP) is 5.57. The molecule has 0 amide bonds. The van der Waals surface area contributed by atoms with Crippen molar-refractivity contribution >= 4 is 40.4 Å². The first-order chi connectivity index (χ1) is 13.4. The Morgan fingerprint density at radius 2 is 1.37 bits per heavy atom. The van der Waals surface area contributed by atoms with Crippen LogP contribution in [0.1, 0.15) is 16.7 Å². The molecule has 1 aromatic heterocycles. The van der Waals surface area contributed by atoms with Crippen LogP contribution in [0.5, 0.6) is 0 Å². The van der Waals surface area contributed by atoms with Crippen LogP contribution in [0.25, 0.3) is 11.0 Å². The molecular weight excluding hydrogens is 345 g/mol. The summed E-state index contributed by atoms with van der Waals surface area (Å²) in [6.07, 6.45) is 0. The molecule has 0 bridgehead atoms. The lowest BCUT2D eigenvalue weighted by Crippen LogP contribution is -2.42. The van der Waals surface area contributed by atoms with Crippen molar-refractivity contribution in [2.24, 2.45) is 0 Å². The van der Waals surface area contributed by atoms with Crippen molar-refractivity contribution in [1.29, 1.82) is 0 Å². The molecule has 0 unspecified atom stereocenters.